The molecule has 2 rings (SSSR count). The summed E-state index contributed by atoms with van der Waals surface area (Å²) in [5.74, 6) is -0.983. The Kier molecular flexibility index (Phi) is 2.85. The molecule has 0 amide bonds. The number of ketones is 1. The Bertz CT molecular complexity index is 505. The molecule has 5 nitrogen and oxygen atoms in total. The second-order valence-electron chi connectivity index (χ2n) is 5.94. The Morgan fingerprint density at radius 3 is 2.44 bits per heavy atom. The molecule has 0 spiro atoms. The van der Waals surface area contributed by atoms with E-state index in [1.54, 1.807) is 0 Å². The summed E-state index contributed by atoms with van der Waals surface area (Å²) in [5.41, 5.74) is -1.21. The minimum atomic E-state index is -3.98. The van der Waals surface area contributed by atoms with Crippen LogP contribution < -0.4 is 0 Å². The van der Waals surface area contributed by atoms with Gasteiger partial charge in [0.1, 0.15) is 5.78 Å². The first kappa shape index (κ1) is 13.5. The lowest BCUT2D eigenvalue weighted by atomic mass is 9.70. The van der Waals surface area contributed by atoms with Crippen LogP contribution in [0.15, 0.2) is 0 Å². The van der Waals surface area contributed by atoms with Gasteiger partial charge in [-0.15, -0.1) is 0 Å². The summed E-state index contributed by atoms with van der Waals surface area (Å²) in [4.78, 5) is 22.9. The number of fused-ring (bicyclic) bond motifs is 2. The Morgan fingerprint density at radius 1 is 1.44 bits per heavy atom. The Balaban J connectivity index is 2.32. The van der Waals surface area contributed by atoms with Crippen molar-refractivity contribution >= 4 is 21.9 Å². The van der Waals surface area contributed by atoms with Crippen LogP contribution in [-0.4, -0.2) is 25.9 Å². The van der Waals surface area contributed by atoms with E-state index in [0.29, 0.717) is 12.8 Å². The summed E-state index contributed by atoms with van der Waals surface area (Å²) in [6.07, 6.45) is 1.89. The lowest BCUT2D eigenvalue weighted by Crippen LogP contribution is -2.42. The molecule has 6 heteroatoms. The molecule has 0 radical (unpaired) electrons. The molecule has 0 N–H and O–H groups in total. The van der Waals surface area contributed by atoms with E-state index in [1.165, 1.54) is 0 Å². The highest BCUT2D eigenvalue weighted by Crippen LogP contribution is 2.64. The number of hydrogen-bond acceptors (Lipinski definition) is 5. The summed E-state index contributed by atoms with van der Waals surface area (Å²) in [7, 11) is -3.98. The molecule has 2 unspecified atom stereocenters. The van der Waals surface area contributed by atoms with Crippen LogP contribution in [0.1, 0.15) is 40.0 Å². The van der Waals surface area contributed by atoms with Crippen molar-refractivity contribution in [2.45, 2.75) is 40.0 Å². The summed E-state index contributed by atoms with van der Waals surface area (Å²) in [5, 5.41) is 0. The minimum Gasteiger partial charge on any atom is -0.346 e. The predicted octanol–water partition coefficient (Wildman–Crippen LogP) is 1.27. The lowest BCUT2D eigenvalue weighted by Gasteiger charge is -2.35. The fourth-order valence-corrected chi connectivity index (χ4v) is 5.32. The van der Waals surface area contributed by atoms with Gasteiger partial charge in [-0.1, -0.05) is 13.8 Å². The van der Waals surface area contributed by atoms with E-state index in [-0.39, 0.29) is 22.9 Å². The van der Waals surface area contributed by atoms with Crippen molar-refractivity contribution < 1.29 is 22.2 Å². The Labute approximate surface area is 107 Å². The zero-order valence-electron chi connectivity index (χ0n) is 10.9. The molecule has 0 aromatic rings. The van der Waals surface area contributed by atoms with Crippen LogP contribution in [0.3, 0.4) is 0 Å². The maximum atomic E-state index is 12.1. The molecule has 0 heterocycles. The third-order valence-corrected chi connectivity index (χ3v) is 6.14. The average Bonchev–Trinajstić information content (AvgIpc) is 2.48. The van der Waals surface area contributed by atoms with Crippen LogP contribution in [0.5, 0.6) is 0 Å². The molecule has 102 valence electrons. The van der Waals surface area contributed by atoms with Gasteiger partial charge in [0.05, 0.1) is 11.2 Å². The topological polar surface area (TPSA) is 77.5 Å². The lowest BCUT2D eigenvalue weighted by molar-refractivity contribution is -0.132. The molecule has 2 bridgehead atoms. The van der Waals surface area contributed by atoms with Crippen molar-refractivity contribution in [3.8, 4) is 0 Å². The van der Waals surface area contributed by atoms with E-state index in [2.05, 4.69) is 4.18 Å². The summed E-state index contributed by atoms with van der Waals surface area (Å²) < 4.78 is 28.0. The third kappa shape index (κ3) is 1.77. The first-order valence-corrected chi connectivity index (χ1v) is 7.64. The second-order valence-corrected chi connectivity index (χ2v) is 7.51. The number of Topliss-reactive ketones (excluding diaryl/α,β-unsaturated/α-hetero) is 1. The normalized spacial score (nSPS) is 33.7. The molecular formula is C12H18O5S. The number of hydrogen-bond donors (Lipinski definition) is 0. The van der Waals surface area contributed by atoms with Gasteiger partial charge in [0.2, 0.25) is 0 Å². The fraction of sp³-hybridized carbons (Fsp3) is 0.833. The van der Waals surface area contributed by atoms with Gasteiger partial charge in [0, 0.05) is 13.3 Å². The number of carbonyl (C=O) groups excluding carboxylic acids is 2. The quantitative estimate of drug-likeness (QED) is 0.724. The van der Waals surface area contributed by atoms with Gasteiger partial charge >= 0.3 is 16.1 Å². The van der Waals surface area contributed by atoms with Crippen LogP contribution in [0.25, 0.3) is 0 Å². The maximum absolute atomic E-state index is 12.1. The highest BCUT2D eigenvalue weighted by Gasteiger charge is 2.65. The molecule has 2 atom stereocenters. The van der Waals surface area contributed by atoms with E-state index in [4.69, 9.17) is 0 Å². The van der Waals surface area contributed by atoms with Gasteiger partial charge in [0.15, 0.2) is 0 Å². The van der Waals surface area contributed by atoms with E-state index >= 15 is 0 Å². The van der Waals surface area contributed by atoms with Crippen molar-refractivity contribution in [2.24, 2.45) is 16.7 Å². The highest BCUT2D eigenvalue weighted by atomic mass is 32.2. The zero-order chi connectivity index (χ0) is 13.8. The summed E-state index contributed by atoms with van der Waals surface area (Å²) in [6, 6.07) is 0. The molecule has 2 fully saturated rings. The molecule has 0 aromatic carbocycles. The molecular weight excluding hydrogens is 256 g/mol. The monoisotopic (exact) mass is 274 g/mol. The van der Waals surface area contributed by atoms with Gasteiger partial charge in [-0.2, -0.15) is 8.42 Å². The van der Waals surface area contributed by atoms with Gasteiger partial charge in [-0.25, -0.2) is 0 Å². The standard InChI is InChI=1S/C12H18O5S/c1-8(13)17-18(15,16)7-12-5-4-9(6-10(12)14)11(12,2)3/h9H,4-7H2,1-3H3. The van der Waals surface area contributed by atoms with E-state index in [0.717, 1.165) is 13.3 Å². The average molecular weight is 274 g/mol. The fourth-order valence-electron chi connectivity index (χ4n) is 3.62. The van der Waals surface area contributed by atoms with E-state index < -0.39 is 21.5 Å². The van der Waals surface area contributed by atoms with Gasteiger partial charge in [-0.3, -0.25) is 9.59 Å². The second kappa shape index (κ2) is 3.79. The van der Waals surface area contributed by atoms with Gasteiger partial charge in [0.25, 0.3) is 0 Å². The van der Waals surface area contributed by atoms with Crippen LogP contribution in [0.2, 0.25) is 0 Å². The van der Waals surface area contributed by atoms with Gasteiger partial charge in [-0.05, 0) is 24.2 Å². The molecule has 0 saturated heterocycles. The summed E-state index contributed by atoms with van der Waals surface area (Å²) >= 11 is 0. The SMILES string of the molecule is CC(=O)OS(=O)(=O)CC12CCC(CC1=O)C2(C)C. The smallest absolute Gasteiger partial charge is 0.319 e. The van der Waals surface area contributed by atoms with Crippen LogP contribution in [0.4, 0.5) is 0 Å². The molecule has 2 saturated carbocycles. The molecule has 0 aromatic heterocycles. The molecule has 2 aliphatic carbocycles. The van der Waals surface area contributed by atoms with Crippen LogP contribution in [0, 0.1) is 16.7 Å². The van der Waals surface area contributed by atoms with Crippen molar-refractivity contribution in [1.82, 2.24) is 0 Å². The van der Waals surface area contributed by atoms with E-state index in [9.17, 15) is 18.0 Å². The molecule has 18 heavy (non-hydrogen) atoms. The Morgan fingerprint density at radius 2 is 2.06 bits per heavy atom. The Hall–Kier alpha value is -0.910. The highest BCUT2D eigenvalue weighted by molar-refractivity contribution is 7.87. The van der Waals surface area contributed by atoms with E-state index in [1.807, 2.05) is 13.8 Å². The van der Waals surface area contributed by atoms with Crippen molar-refractivity contribution in [3.05, 3.63) is 0 Å². The van der Waals surface area contributed by atoms with Crippen LogP contribution in [-0.2, 0) is 23.9 Å². The van der Waals surface area contributed by atoms with Crippen molar-refractivity contribution in [3.63, 3.8) is 0 Å². The molecule has 0 aliphatic heterocycles. The summed E-state index contributed by atoms with van der Waals surface area (Å²) in [6.45, 7) is 4.94. The largest absolute Gasteiger partial charge is 0.346 e. The van der Waals surface area contributed by atoms with Crippen molar-refractivity contribution in [2.75, 3.05) is 5.75 Å². The third-order valence-electron chi connectivity index (χ3n) is 4.81. The number of rotatable bonds is 3. The first-order valence-electron chi connectivity index (χ1n) is 6.07. The van der Waals surface area contributed by atoms with Crippen LogP contribution >= 0.6 is 0 Å². The zero-order valence-corrected chi connectivity index (χ0v) is 11.7. The first-order chi connectivity index (χ1) is 8.11. The maximum Gasteiger partial charge on any atom is 0.319 e. The molecule has 2 aliphatic rings. The number of carbonyl (C=O) groups is 2. The van der Waals surface area contributed by atoms with Gasteiger partial charge < -0.3 is 4.18 Å². The van der Waals surface area contributed by atoms with Crippen molar-refractivity contribution in [1.29, 1.82) is 0 Å². The minimum absolute atomic E-state index is 0.000484. The predicted molar refractivity (Wildman–Crippen MR) is 64.1 cm³/mol.